The van der Waals surface area contributed by atoms with Crippen molar-refractivity contribution in [3.8, 4) is 16.9 Å². The molecule has 212 valence electrons. The van der Waals surface area contributed by atoms with Gasteiger partial charge in [-0.15, -0.1) is 0 Å². The van der Waals surface area contributed by atoms with Crippen LogP contribution in [0.1, 0.15) is 15.9 Å². The van der Waals surface area contributed by atoms with Gasteiger partial charge in [-0.3, -0.25) is 20.2 Å². The van der Waals surface area contributed by atoms with Gasteiger partial charge in [-0.25, -0.2) is 4.39 Å². The molecule has 0 unspecified atom stereocenters. The molecule has 0 aliphatic carbocycles. The standard InChI is InChI=1S/C29H23BrF4N4O3/c30-25-20(14-17(15-22(25)31)29(32,33)34)18-4-3-5-19-26(18)35-16-21(27(19)37-8-11-40-12-9-37)28(39)36-38-10-13-41-24-7-2-1-6-23(24)38/h1-7,14-16H,8-13H2,(H,36,39). The number of morpholine rings is 1. The van der Waals surface area contributed by atoms with Crippen LogP contribution in [-0.2, 0) is 10.9 Å². The van der Waals surface area contributed by atoms with E-state index in [1.54, 1.807) is 23.2 Å². The van der Waals surface area contributed by atoms with Gasteiger partial charge in [0, 0.05) is 35.8 Å². The number of nitrogens with zero attached hydrogens (tertiary/aromatic N) is 3. The highest BCUT2D eigenvalue weighted by atomic mass is 79.9. The van der Waals surface area contributed by atoms with Gasteiger partial charge in [0.1, 0.15) is 18.2 Å². The molecular formula is C29H23BrF4N4O3. The number of amides is 1. The van der Waals surface area contributed by atoms with Gasteiger partial charge < -0.3 is 14.4 Å². The summed E-state index contributed by atoms with van der Waals surface area (Å²) in [5.74, 6) is -0.802. The van der Waals surface area contributed by atoms with Crippen molar-refractivity contribution in [2.45, 2.75) is 6.18 Å². The summed E-state index contributed by atoms with van der Waals surface area (Å²) in [6.45, 7) is 2.67. The van der Waals surface area contributed by atoms with Gasteiger partial charge in [0.25, 0.3) is 5.91 Å². The predicted molar refractivity (Wildman–Crippen MR) is 150 cm³/mol. The van der Waals surface area contributed by atoms with Crippen LogP contribution < -0.4 is 20.1 Å². The number of pyridine rings is 1. The van der Waals surface area contributed by atoms with Gasteiger partial charge in [0.15, 0.2) is 0 Å². The number of aromatic nitrogens is 1. The van der Waals surface area contributed by atoms with Crippen molar-refractivity contribution in [3.05, 3.63) is 82.2 Å². The first-order valence-electron chi connectivity index (χ1n) is 12.8. The van der Waals surface area contributed by atoms with Crippen LogP contribution in [0.2, 0.25) is 0 Å². The van der Waals surface area contributed by atoms with Crippen molar-refractivity contribution >= 4 is 44.1 Å². The fourth-order valence-corrected chi connectivity index (χ4v) is 5.58. The summed E-state index contributed by atoms with van der Waals surface area (Å²) in [4.78, 5) is 20.3. The lowest BCUT2D eigenvalue weighted by atomic mass is 9.97. The van der Waals surface area contributed by atoms with Crippen LogP contribution in [0.25, 0.3) is 22.0 Å². The van der Waals surface area contributed by atoms with Crippen molar-refractivity contribution in [1.82, 2.24) is 10.4 Å². The maximum atomic E-state index is 14.7. The topological polar surface area (TPSA) is 66.9 Å². The third kappa shape index (κ3) is 5.17. The highest BCUT2D eigenvalue weighted by Gasteiger charge is 2.33. The molecule has 1 amide bonds. The summed E-state index contributed by atoms with van der Waals surface area (Å²) < 4.78 is 66.5. The molecule has 0 radical (unpaired) electrons. The van der Waals surface area contributed by atoms with Crippen molar-refractivity contribution in [2.75, 3.05) is 49.4 Å². The van der Waals surface area contributed by atoms with E-state index in [4.69, 9.17) is 9.47 Å². The molecule has 0 spiro atoms. The van der Waals surface area contributed by atoms with Crippen LogP contribution in [0.4, 0.5) is 28.9 Å². The van der Waals surface area contributed by atoms with E-state index in [1.807, 2.05) is 29.2 Å². The first kappa shape index (κ1) is 27.3. The van der Waals surface area contributed by atoms with Crippen molar-refractivity contribution in [1.29, 1.82) is 0 Å². The average molecular weight is 631 g/mol. The summed E-state index contributed by atoms with van der Waals surface area (Å²) in [6, 6.07) is 13.7. The Bertz CT molecular complexity index is 1640. The van der Waals surface area contributed by atoms with Gasteiger partial charge in [0.2, 0.25) is 0 Å². The van der Waals surface area contributed by atoms with Gasteiger partial charge >= 0.3 is 6.18 Å². The molecule has 1 N–H and O–H groups in total. The molecule has 7 nitrogen and oxygen atoms in total. The number of halogens is 5. The van der Waals surface area contributed by atoms with Crippen molar-refractivity contribution in [3.63, 3.8) is 0 Å². The maximum Gasteiger partial charge on any atom is 0.416 e. The molecule has 1 fully saturated rings. The van der Waals surface area contributed by atoms with Crippen molar-refractivity contribution in [2.24, 2.45) is 0 Å². The predicted octanol–water partition coefficient (Wildman–Crippen LogP) is 6.20. The summed E-state index contributed by atoms with van der Waals surface area (Å²) in [5.41, 5.74) is 4.05. The van der Waals surface area contributed by atoms with Gasteiger partial charge in [-0.05, 0) is 40.2 Å². The fourth-order valence-electron chi connectivity index (χ4n) is 5.14. The van der Waals surface area contributed by atoms with Crippen LogP contribution in [0.5, 0.6) is 5.75 Å². The minimum absolute atomic E-state index is 0.00507. The lowest BCUT2D eigenvalue weighted by Crippen LogP contribution is -2.47. The Balaban J connectivity index is 1.48. The zero-order chi connectivity index (χ0) is 28.7. The zero-order valence-corrected chi connectivity index (χ0v) is 23.1. The number of hydrazine groups is 1. The third-order valence-electron chi connectivity index (χ3n) is 7.05. The third-order valence-corrected chi connectivity index (χ3v) is 7.86. The Kier molecular flexibility index (Phi) is 7.20. The smallest absolute Gasteiger partial charge is 0.416 e. The van der Waals surface area contributed by atoms with Crippen LogP contribution in [-0.4, -0.2) is 50.3 Å². The van der Waals surface area contributed by atoms with Gasteiger partial charge in [0.05, 0.1) is 52.2 Å². The number of carbonyl (C=O) groups is 1. The van der Waals surface area contributed by atoms with E-state index in [2.05, 4.69) is 26.3 Å². The molecule has 4 aromatic rings. The number of fused-ring (bicyclic) bond motifs is 2. The van der Waals surface area contributed by atoms with E-state index >= 15 is 0 Å². The molecule has 2 aliphatic heterocycles. The molecule has 3 heterocycles. The summed E-state index contributed by atoms with van der Waals surface area (Å²) in [7, 11) is 0. The minimum Gasteiger partial charge on any atom is -0.489 e. The Morgan fingerprint density at radius 1 is 0.976 bits per heavy atom. The van der Waals surface area contributed by atoms with Crippen molar-refractivity contribution < 1.29 is 31.8 Å². The lowest BCUT2D eigenvalue weighted by Gasteiger charge is -2.33. The van der Waals surface area contributed by atoms with Crippen LogP contribution >= 0.6 is 15.9 Å². The highest BCUT2D eigenvalue weighted by Crippen LogP contribution is 2.42. The van der Waals surface area contributed by atoms with Crippen LogP contribution in [0, 0.1) is 5.82 Å². The number of anilines is 2. The molecule has 1 saturated heterocycles. The van der Waals surface area contributed by atoms with E-state index in [0.717, 1.165) is 6.07 Å². The number of nitrogens with one attached hydrogen (secondary N) is 1. The Morgan fingerprint density at radius 3 is 2.54 bits per heavy atom. The molecule has 0 saturated carbocycles. The van der Waals surface area contributed by atoms with Gasteiger partial charge in [-0.1, -0.05) is 30.3 Å². The molecule has 12 heteroatoms. The second-order valence-electron chi connectivity index (χ2n) is 9.55. The molecular weight excluding hydrogens is 608 g/mol. The normalized spacial score (nSPS) is 15.4. The van der Waals surface area contributed by atoms with Crippen LogP contribution in [0.15, 0.2) is 65.3 Å². The summed E-state index contributed by atoms with van der Waals surface area (Å²) in [6.07, 6.45) is -3.33. The number of para-hydroxylation sites is 3. The largest absolute Gasteiger partial charge is 0.489 e. The number of ether oxygens (including phenoxy) is 2. The molecule has 6 rings (SSSR count). The molecule has 0 bridgehead atoms. The number of hydrogen-bond donors (Lipinski definition) is 1. The molecule has 2 aliphatic rings. The quantitative estimate of drug-likeness (QED) is 0.271. The summed E-state index contributed by atoms with van der Waals surface area (Å²) in [5, 5.41) is 2.26. The van der Waals surface area contributed by atoms with Gasteiger partial charge in [-0.2, -0.15) is 13.2 Å². The van der Waals surface area contributed by atoms with E-state index in [0.29, 0.717) is 79.1 Å². The zero-order valence-electron chi connectivity index (χ0n) is 21.5. The number of rotatable bonds is 4. The monoisotopic (exact) mass is 630 g/mol. The Labute approximate surface area is 240 Å². The SMILES string of the molecule is O=C(NN1CCOc2ccccc21)c1cnc2c(-c3cc(C(F)(F)F)cc(F)c3Br)cccc2c1N1CCOCC1. The summed E-state index contributed by atoms with van der Waals surface area (Å²) >= 11 is 3.13. The molecule has 1 aromatic heterocycles. The number of carbonyl (C=O) groups excluding carboxylic acids is 1. The highest BCUT2D eigenvalue weighted by molar-refractivity contribution is 9.10. The Morgan fingerprint density at radius 2 is 1.76 bits per heavy atom. The number of benzene rings is 3. The molecule has 3 aromatic carbocycles. The first-order chi connectivity index (χ1) is 19.7. The molecule has 0 atom stereocenters. The van der Waals surface area contributed by atoms with E-state index in [9.17, 15) is 22.4 Å². The van der Waals surface area contributed by atoms with Crippen LogP contribution in [0.3, 0.4) is 0 Å². The maximum absolute atomic E-state index is 14.7. The van der Waals surface area contributed by atoms with E-state index < -0.39 is 23.5 Å². The van der Waals surface area contributed by atoms with E-state index in [1.165, 1.54) is 6.20 Å². The Hall–Kier alpha value is -3.90. The van der Waals surface area contributed by atoms with E-state index in [-0.39, 0.29) is 15.6 Å². The minimum atomic E-state index is -4.74. The lowest BCUT2D eigenvalue weighted by molar-refractivity contribution is -0.137. The number of alkyl halides is 3. The first-order valence-corrected chi connectivity index (χ1v) is 13.6. The number of hydrogen-bond acceptors (Lipinski definition) is 6. The fraction of sp³-hybridized carbons (Fsp3) is 0.241. The second-order valence-corrected chi connectivity index (χ2v) is 10.3. The second kappa shape index (κ2) is 10.8. The molecule has 41 heavy (non-hydrogen) atoms. The average Bonchev–Trinajstić information content (AvgIpc) is 2.97.